The first-order chi connectivity index (χ1) is 12.7. The molecule has 0 bridgehead atoms. The maximum absolute atomic E-state index is 13.2. The van der Waals surface area contributed by atoms with E-state index < -0.39 is 5.41 Å². The van der Waals surface area contributed by atoms with E-state index in [2.05, 4.69) is 17.4 Å². The van der Waals surface area contributed by atoms with Crippen LogP contribution in [0.4, 0.5) is 11.4 Å². The zero-order chi connectivity index (χ0) is 18.0. The molecule has 1 aliphatic carbocycles. The average Bonchev–Trinajstić information content (AvgIpc) is 3.32. The molecule has 0 unspecified atom stereocenters. The molecule has 2 aromatic carbocycles. The first kappa shape index (κ1) is 16.8. The number of amides is 2. The van der Waals surface area contributed by atoms with Gasteiger partial charge >= 0.3 is 0 Å². The predicted octanol–water partition coefficient (Wildman–Crippen LogP) is 4.26. The Bertz CT molecular complexity index is 810. The van der Waals surface area contributed by atoms with Crippen LogP contribution >= 0.6 is 0 Å². The molecular weight excluding hydrogens is 324 g/mol. The quantitative estimate of drug-likeness (QED) is 0.897. The molecule has 134 valence electrons. The van der Waals surface area contributed by atoms with Gasteiger partial charge in [0.2, 0.25) is 11.8 Å². The van der Waals surface area contributed by atoms with Crippen LogP contribution < -0.4 is 10.2 Å². The lowest BCUT2D eigenvalue weighted by Gasteiger charge is -2.28. The third-order valence-electron chi connectivity index (χ3n) is 5.71. The maximum Gasteiger partial charge on any atom is 0.235 e. The summed E-state index contributed by atoms with van der Waals surface area (Å²) in [4.78, 5) is 27.0. The lowest BCUT2D eigenvalue weighted by Crippen LogP contribution is -2.38. The molecule has 4 rings (SSSR count). The van der Waals surface area contributed by atoms with Crippen molar-refractivity contribution in [2.75, 3.05) is 16.8 Å². The van der Waals surface area contributed by atoms with E-state index in [0.717, 1.165) is 55.6 Å². The van der Waals surface area contributed by atoms with Crippen LogP contribution in [0.15, 0.2) is 54.6 Å². The number of anilines is 2. The van der Waals surface area contributed by atoms with Crippen molar-refractivity contribution < 1.29 is 9.59 Å². The van der Waals surface area contributed by atoms with Gasteiger partial charge in [-0.15, -0.1) is 0 Å². The normalized spacial score (nSPS) is 18.9. The largest absolute Gasteiger partial charge is 0.325 e. The number of nitrogens with one attached hydrogen (secondary N) is 1. The van der Waals surface area contributed by atoms with Gasteiger partial charge in [0, 0.05) is 24.3 Å². The molecule has 1 saturated carbocycles. The Morgan fingerprint density at radius 3 is 2.42 bits per heavy atom. The van der Waals surface area contributed by atoms with E-state index in [1.807, 2.05) is 42.5 Å². The topological polar surface area (TPSA) is 49.4 Å². The van der Waals surface area contributed by atoms with Crippen LogP contribution in [0.25, 0.3) is 0 Å². The summed E-state index contributed by atoms with van der Waals surface area (Å²) in [5.74, 6) is 0.219. The summed E-state index contributed by atoms with van der Waals surface area (Å²) in [5, 5.41) is 3.12. The summed E-state index contributed by atoms with van der Waals surface area (Å²) in [7, 11) is 0. The zero-order valence-electron chi connectivity index (χ0n) is 14.9. The third-order valence-corrected chi connectivity index (χ3v) is 5.71. The Kier molecular flexibility index (Phi) is 4.49. The van der Waals surface area contributed by atoms with E-state index in [9.17, 15) is 9.59 Å². The second-order valence-corrected chi connectivity index (χ2v) is 7.31. The molecule has 2 amide bonds. The Hall–Kier alpha value is -2.62. The van der Waals surface area contributed by atoms with Crippen molar-refractivity contribution in [3.05, 3.63) is 60.2 Å². The van der Waals surface area contributed by atoms with Crippen molar-refractivity contribution in [1.82, 2.24) is 0 Å². The number of rotatable bonds is 4. The average molecular weight is 348 g/mol. The maximum atomic E-state index is 13.2. The molecule has 0 radical (unpaired) electrons. The summed E-state index contributed by atoms with van der Waals surface area (Å²) >= 11 is 0. The van der Waals surface area contributed by atoms with Crippen LogP contribution in [-0.4, -0.2) is 18.4 Å². The van der Waals surface area contributed by atoms with E-state index in [1.165, 1.54) is 0 Å². The molecule has 1 saturated heterocycles. The molecule has 0 aromatic heterocycles. The van der Waals surface area contributed by atoms with Gasteiger partial charge in [-0.2, -0.15) is 0 Å². The molecule has 1 heterocycles. The van der Waals surface area contributed by atoms with E-state index in [-0.39, 0.29) is 11.8 Å². The minimum Gasteiger partial charge on any atom is -0.325 e. The molecule has 1 N–H and O–H groups in total. The second kappa shape index (κ2) is 6.94. The zero-order valence-corrected chi connectivity index (χ0v) is 14.9. The Morgan fingerprint density at radius 1 is 0.962 bits per heavy atom. The van der Waals surface area contributed by atoms with E-state index >= 15 is 0 Å². The molecule has 0 spiro atoms. The number of benzene rings is 2. The van der Waals surface area contributed by atoms with Crippen molar-refractivity contribution in [3.63, 3.8) is 0 Å². The van der Waals surface area contributed by atoms with Crippen LogP contribution in [-0.2, 0) is 15.0 Å². The van der Waals surface area contributed by atoms with E-state index in [0.29, 0.717) is 6.42 Å². The summed E-state index contributed by atoms with van der Waals surface area (Å²) in [6, 6.07) is 17.8. The highest BCUT2D eigenvalue weighted by Gasteiger charge is 2.42. The third kappa shape index (κ3) is 3.00. The molecule has 4 nitrogen and oxygen atoms in total. The van der Waals surface area contributed by atoms with Gasteiger partial charge in [-0.05, 0) is 43.0 Å². The molecule has 2 aromatic rings. The van der Waals surface area contributed by atoms with Crippen molar-refractivity contribution >= 4 is 23.2 Å². The Morgan fingerprint density at radius 2 is 1.73 bits per heavy atom. The van der Waals surface area contributed by atoms with Crippen molar-refractivity contribution in [2.24, 2.45) is 0 Å². The van der Waals surface area contributed by atoms with Gasteiger partial charge in [-0.1, -0.05) is 49.2 Å². The van der Waals surface area contributed by atoms with E-state index in [4.69, 9.17) is 0 Å². The van der Waals surface area contributed by atoms with Crippen LogP contribution in [0, 0.1) is 0 Å². The van der Waals surface area contributed by atoms with Gasteiger partial charge in [0.1, 0.15) is 0 Å². The molecule has 2 fully saturated rings. The fourth-order valence-corrected chi connectivity index (χ4v) is 4.31. The number of hydrogen-bond acceptors (Lipinski definition) is 2. The minimum atomic E-state index is -0.444. The fourth-order valence-electron chi connectivity index (χ4n) is 4.31. The first-order valence-electron chi connectivity index (χ1n) is 9.46. The number of carbonyl (C=O) groups excluding carboxylic acids is 2. The smallest absolute Gasteiger partial charge is 0.235 e. The highest BCUT2D eigenvalue weighted by atomic mass is 16.2. The molecule has 0 atom stereocenters. The van der Waals surface area contributed by atoms with Gasteiger partial charge in [0.05, 0.1) is 5.41 Å². The summed E-state index contributed by atoms with van der Waals surface area (Å²) in [5.41, 5.74) is 2.28. The Balaban J connectivity index is 1.58. The monoisotopic (exact) mass is 348 g/mol. The first-order valence-corrected chi connectivity index (χ1v) is 9.46. The summed E-state index contributed by atoms with van der Waals surface area (Å²) in [6.45, 7) is 0.754. The van der Waals surface area contributed by atoms with Crippen LogP contribution in [0.5, 0.6) is 0 Å². The van der Waals surface area contributed by atoms with Gasteiger partial charge in [-0.3, -0.25) is 9.59 Å². The van der Waals surface area contributed by atoms with Gasteiger partial charge in [0.25, 0.3) is 0 Å². The van der Waals surface area contributed by atoms with E-state index in [1.54, 1.807) is 4.90 Å². The van der Waals surface area contributed by atoms with Crippen molar-refractivity contribution in [1.29, 1.82) is 0 Å². The predicted molar refractivity (Wildman–Crippen MR) is 103 cm³/mol. The van der Waals surface area contributed by atoms with Crippen LogP contribution in [0.3, 0.4) is 0 Å². The number of nitrogens with zero attached hydrogens (tertiary/aromatic N) is 1. The molecule has 1 aliphatic heterocycles. The fraction of sp³-hybridized carbons (Fsp3) is 0.364. The van der Waals surface area contributed by atoms with Crippen LogP contribution in [0.1, 0.15) is 44.1 Å². The highest BCUT2D eigenvalue weighted by molar-refractivity contribution is 6.01. The highest BCUT2D eigenvalue weighted by Crippen LogP contribution is 2.42. The van der Waals surface area contributed by atoms with Crippen LogP contribution in [0.2, 0.25) is 0 Å². The lowest BCUT2D eigenvalue weighted by atomic mass is 9.78. The van der Waals surface area contributed by atoms with Gasteiger partial charge in [-0.25, -0.2) is 0 Å². The molecule has 26 heavy (non-hydrogen) atoms. The Labute approximate surface area is 154 Å². The molecule has 2 aliphatic rings. The SMILES string of the molecule is O=C1CCCN1c1cccc(NC(=O)C2(c3ccccc3)CCCC2)c1. The molecule has 4 heteroatoms. The van der Waals surface area contributed by atoms with Crippen molar-refractivity contribution in [2.45, 2.75) is 43.9 Å². The number of hydrogen-bond donors (Lipinski definition) is 1. The number of carbonyl (C=O) groups is 2. The molecular formula is C22H24N2O2. The standard InChI is InChI=1S/C22H24N2O2/c25-20-12-7-15-24(20)19-11-6-10-18(16-19)23-21(26)22(13-4-5-14-22)17-8-2-1-3-9-17/h1-3,6,8-11,16H,4-5,7,12-15H2,(H,23,26). The summed E-state index contributed by atoms with van der Waals surface area (Å²) < 4.78 is 0. The minimum absolute atomic E-state index is 0.0612. The van der Waals surface area contributed by atoms with Gasteiger partial charge in [0.15, 0.2) is 0 Å². The van der Waals surface area contributed by atoms with Gasteiger partial charge < -0.3 is 10.2 Å². The summed E-state index contributed by atoms with van der Waals surface area (Å²) in [6.07, 6.45) is 5.41. The second-order valence-electron chi connectivity index (χ2n) is 7.31. The lowest BCUT2D eigenvalue weighted by molar-refractivity contribution is -0.121. The van der Waals surface area contributed by atoms with Crippen molar-refractivity contribution in [3.8, 4) is 0 Å².